The number of aliphatic hydroxyl groups excluding tert-OH is 1. The average molecular weight is 283 g/mol. The van der Waals surface area contributed by atoms with Crippen LogP contribution in [0.3, 0.4) is 0 Å². The summed E-state index contributed by atoms with van der Waals surface area (Å²) >= 11 is 0. The van der Waals surface area contributed by atoms with Gasteiger partial charge < -0.3 is 14.6 Å². The zero-order valence-corrected chi connectivity index (χ0v) is 12.0. The summed E-state index contributed by atoms with van der Waals surface area (Å²) in [7, 11) is 1.53. The molecule has 4 heteroatoms. The standard InChI is InChI=1S/C17H17NO3/c1-12(19)14-4-3-5-16(9-14)21-11-13-6-7-15(10-18)17(8-13)20-2/h3-9,12,19H,11H2,1-2H3. The third-order valence-corrected chi connectivity index (χ3v) is 3.13. The summed E-state index contributed by atoms with van der Waals surface area (Å²) in [4.78, 5) is 0. The van der Waals surface area contributed by atoms with Crippen molar-refractivity contribution in [1.82, 2.24) is 0 Å². The van der Waals surface area contributed by atoms with E-state index < -0.39 is 6.10 Å². The Hall–Kier alpha value is -2.51. The molecule has 0 aliphatic heterocycles. The lowest BCUT2D eigenvalue weighted by Gasteiger charge is -2.10. The van der Waals surface area contributed by atoms with Gasteiger partial charge in [0.25, 0.3) is 0 Å². The van der Waals surface area contributed by atoms with Crippen molar-refractivity contribution in [3.05, 3.63) is 59.2 Å². The number of ether oxygens (including phenoxy) is 2. The first-order valence-electron chi connectivity index (χ1n) is 6.62. The summed E-state index contributed by atoms with van der Waals surface area (Å²) < 4.78 is 10.9. The van der Waals surface area contributed by atoms with Crippen LogP contribution >= 0.6 is 0 Å². The summed E-state index contributed by atoms with van der Waals surface area (Å²) in [5.74, 6) is 1.23. The minimum atomic E-state index is -0.524. The van der Waals surface area contributed by atoms with Crippen LogP contribution in [0.15, 0.2) is 42.5 Å². The molecule has 1 unspecified atom stereocenters. The van der Waals surface area contributed by atoms with Crippen LogP contribution in [0.4, 0.5) is 0 Å². The first kappa shape index (κ1) is 14.9. The van der Waals surface area contributed by atoms with Crippen molar-refractivity contribution in [3.8, 4) is 17.6 Å². The van der Waals surface area contributed by atoms with Gasteiger partial charge >= 0.3 is 0 Å². The molecule has 0 amide bonds. The smallest absolute Gasteiger partial charge is 0.137 e. The third kappa shape index (κ3) is 3.74. The topological polar surface area (TPSA) is 62.5 Å². The largest absolute Gasteiger partial charge is 0.495 e. The van der Waals surface area contributed by atoms with E-state index >= 15 is 0 Å². The molecule has 2 aromatic carbocycles. The fourth-order valence-electron chi connectivity index (χ4n) is 1.95. The maximum absolute atomic E-state index is 9.56. The molecular formula is C17H17NO3. The second-order valence-electron chi connectivity index (χ2n) is 4.68. The van der Waals surface area contributed by atoms with E-state index in [2.05, 4.69) is 6.07 Å². The van der Waals surface area contributed by atoms with Crippen LogP contribution in [0, 0.1) is 11.3 Å². The Bertz CT molecular complexity index is 659. The lowest BCUT2D eigenvalue weighted by Crippen LogP contribution is -1.98. The molecule has 21 heavy (non-hydrogen) atoms. The van der Waals surface area contributed by atoms with Gasteiger partial charge in [-0.1, -0.05) is 18.2 Å². The van der Waals surface area contributed by atoms with Gasteiger partial charge in [-0.3, -0.25) is 0 Å². The molecule has 0 radical (unpaired) electrons. The zero-order chi connectivity index (χ0) is 15.2. The van der Waals surface area contributed by atoms with E-state index in [1.54, 1.807) is 19.1 Å². The summed E-state index contributed by atoms with van der Waals surface area (Å²) in [5.41, 5.74) is 2.22. The van der Waals surface area contributed by atoms with Crippen molar-refractivity contribution in [2.45, 2.75) is 19.6 Å². The number of hydrogen-bond donors (Lipinski definition) is 1. The molecule has 0 aromatic heterocycles. The van der Waals surface area contributed by atoms with Crippen molar-refractivity contribution >= 4 is 0 Å². The van der Waals surface area contributed by atoms with E-state index in [9.17, 15) is 5.11 Å². The number of benzene rings is 2. The molecule has 0 saturated carbocycles. The van der Waals surface area contributed by atoms with Gasteiger partial charge in [-0.2, -0.15) is 5.26 Å². The van der Waals surface area contributed by atoms with E-state index in [4.69, 9.17) is 14.7 Å². The zero-order valence-electron chi connectivity index (χ0n) is 12.0. The van der Waals surface area contributed by atoms with Gasteiger partial charge in [-0.05, 0) is 42.3 Å². The highest BCUT2D eigenvalue weighted by Crippen LogP contribution is 2.22. The Labute approximate surface area is 124 Å². The highest BCUT2D eigenvalue weighted by atomic mass is 16.5. The predicted molar refractivity (Wildman–Crippen MR) is 79.1 cm³/mol. The Morgan fingerprint density at radius 2 is 2.05 bits per heavy atom. The van der Waals surface area contributed by atoms with E-state index in [0.29, 0.717) is 23.7 Å². The molecule has 0 heterocycles. The van der Waals surface area contributed by atoms with E-state index in [0.717, 1.165) is 11.1 Å². The number of aliphatic hydroxyl groups is 1. The van der Waals surface area contributed by atoms with E-state index in [1.165, 1.54) is 7.11 Å². The molecule has 4 nitrogen and oxygen atoms in total. The first-order valence-corrected chi connectivity index (χ1v) is 6.62. The number of nitrogens with zero attached hydrogens (tertiary/aromatic N) is 1. The molecular weight excluding hydrogens is 266 g/mol. The van der Waals surface area contributed by atoms with Gasteiger partial charge in [0.2, 0.25) is 0 Å². The van der Waals surface area contributed by atoms with Crippen LogP contribution in [-0.4, -0.2) is 12.2 Å². The molecule has 0 aliphatic rings. The molecule has 1 atom stereocenters. The lowest BCUT2D eigenvalue weighted by atomic mass is 10.1. The van der Waals surface area contributed by atoms with Gasteiger partial charge in [-0.25, -0.2) is 0 Å². The number of hydrogen-bond acceptors (Lipinski definition) is 4. The first-order chi connectivity index (χ1) is 10.1. The molecule has 108 valence electrons. The van der Waals surface area contributed by atoms with Gasteiger partial charge in [0.1, 0.15) is 24.2 Å². The molecule has 1 N–H and O–H groups in total. The molecule has 2 rings (SSSR count). The normalized spacial score (nSPS) is 11.5. The quantitative estimate of drug-likeness (QED) is 0.915. The van der Waals surface area contributed by atoms with Crippen molar-refractivity contribution in [2.75, 3.05) is 7.11 Å². The average Bonchev–Trinajstić information content (AvgIpc) is 2.52. The molecule has 0 saturated heterocycles. The van der Waals surface area contributed by atoms with Gasteiger partial charge in [0, 0.05) is 0 Å². The van der Waals surface area contributed by atoms with Crippen LogP contribution in [0.25, 0.3) is 0 Å². The van der Waals surface area contributed by atoms with Crippen molar-refractivity contribution in [3.63, 3.8) is 0 Å². The Morgan fingerprint density at radius 3 is 2.71 bits per heavy atom. The number of nitriles is 1. The lowest BCUT2D eigenvalue weighted by molar-refractivity contribution is 0.198. The summed E-state index contributed by atoms with van der Waals surface area (Å²) in [6.07, 6.45) is -0.524. The van der Waals surface area contributed by atoms with E-state index in [1.807, 2.05) is 30.3 Å². The molecule has 2 aromatic rings. The fraction of sp³-hybridized carbons (Fsp3) is 0.235. The van der Waals surface area contributed by atoms with Crippen LogP contribution in [0.2, 0.25) is 0 Å². The van der Waals surface area contributed by atoms with Crippen LogP contribution in [0.1, 0.15) is 29.7 Å². The van der Waals surface area contributed by atoms with Crippen molar-refractivity contribution in [2.24, 2.45) is 0 Å². The summed E-state index contributed by atoms with van der Waals surface area (Å²) in [5, 5.41) is 18.5. The highest BCUT2D eigenvalue weighted by Gasteiger charge is 2.06. The van der Waals surface area contributed by atoms with E-state index in [-0.39, 0.29) is 0 Å². The SMILES string of the molecule is COc1cc(COc2cccc(C(C)O)c2)ccc1C#N. The highest BCUT2D eigenvalue weighted by molar-refractivity contribution is 5.45. The number of methoxy groups -OCH3 is 1. The maximum atomic E-state index is 9.56. The van der Waals surface area contributed by atoms with Crippen LogP contribution in [0.5, 0.6) is 11.5 Å². The summed E-state index contributed by atoms with van der Waals surface area (Å²) in [6, 6.07) is 14.8. The molecule has 0 spiro atoms. The Balaban J connectivity index is 2.10. The second-order valence-corrected chi connectivity index (χ2v) is 4.68. The second kappa shape index (κ2) is 6.78. The Morgan fingerprint density at radius 1 is 1.24 bits per heavy atom. The minimum Gasteiger partial charge on any atom is -0.495 e. The van der Waals surface area contributed by atoms with Crippen molar-refractivity contribution in [1.29, 1.82) is 5.26 Å². The summed E-state index contributed by atoms with van der Waals surface area (Å²) in [6.45, 7) is 2.08. The van der Waals surface area contributed by atoms with Gasteiger partial charge in [-0.15, -0.1) is 0 Å². The molecule has 0 aliphatic carbocycles. The third-order valence-electron chi connectivity index (χ3n) is 3.13. The molecule has 0 bridgehead atoms. The van der Waals surface area contributed by atoms with Crippen LogP contribution in [-0.2, 0) is 6.61 Å². The minimum absolute atomic E-state index is 0.366. The van der Waals surface area contributed by atoms with Gasteiger partial charge in [0.15, 0.2) is 0 Å². The van der Waals surface area contributed by atoms with Gasteiger partial charge in [0.05, 0.1) is 18.8 Å². The Kier molecular flexibility index (Phi) is 4.81. The number of rotatable bonds is 5. The fourth-order valence-corrected chi connectivity index (χ4v) is 1.95. The van der Waals surface area contributed by atoms with Crippen molar-refractivity contribution < 1.29 is 14.6 Å². The monoisotopic (exact) mass is 283 g/mol. The predicted octanol–water partition coefficient (Wildman–Crippen LogP) is 3.20. The van der Waals surface area contributed by atoms with Crippen LogP contribution < -0.4 is 9.47 Å². The maximum Gasteiger partial charge on any atom is 0.137 e. The molecule has 0 fully saturated rings.